The molecule has 6 heteroatoms. The van der Waals surface area contributed by atoms with Crippen molar-refractivity contribution in [2.75, 3.05) is 0 Å². The summed E-state index contributed by atoms with van der Waals surface area (Å²) in [7, 11) is 0. The lowest BCUT2D eigenvalue weighted by Gasteiger charge is -2.34. The third kappa shape index (κ3) is 2.59. The molecule has 6 nitrogen and oxygen atoms in total. The predicted molar refractivity (Wildman–Crippen MR) is 79.1 cm³/mol. The maximum absolute atomic E-state index is 12.6. The van der Waals surface area contributed by atoms with Crippen molar-refractivity contribution in [3.05, 3.63) is 53.6 Å². The number of imidazole rings is 1. The molecule has 22 heavy (non-hydrogen) atoms. The Morgan fingerprint density at radius 1 is 1.32 bits per heavy atom. The van der Waals surface area contributed by atoms with Crippen LogP contribution >= 0.6 is 0 Å². The van der Waals surface area contributed by atoms with E-state index in [1.54, 1.807) is 17.0 Å². The van der Waals surface area contributed by atoms with Gasteiger partial charge in [-0.1, -0.05) is 24.3 Å². The van der Waals surface area contributed by atoms with Gasteiger partial charge in [-0.2, -0.15) is 0 Å². The zero-order chi connectivity index (χ0) is 15.7. The molecular weight excluding hydrogens is 282 g/mol. The van der Waals surface area contributed by atoms with Crippen LogP contribution in [0.4, 0.5) is 0 Å². The number of carbonyl (C=O) groups is 2. The Bertz CT molecular complexity index is 723. The summed E-state index contributed by atoms with van der Waals surface area (Å²) >= 11 is 0. The van der Waals surface area contributed by atoms with Crippen molar-refractivity contribution in [2.24, 2.45) is 0 Å². The minimum absolute atomic E-state index is 0.109. The fraction of sp³-hybridized carbons (Fsp3) is 0.312. The molecule has 0 saturated carbocycles. The second kappa shape index (κ2) is 5.63. The molecule has 1 atom stereocenters. The molecule has 0 saturated heterocycles. The summed E-state index contributed by atoms with van der Waals surface area (Å²) in [5, 5.41) is 9.45. The predicted octanol–water partition coefficient (Wildman–Crippen LogP) is 1.23. The number of carboxylic acids is 1. The largest absolute Gasteiger partial charge is 0.480 e. The van der Waals surface area contributed by atoms with Crippen molar-refractivity contribution >= 4 is 11.9 Å². The maximum Gasteiger partial charge on any atom is 0.326 e. The van der Waals surface area contributed by atoms with E-state index in [0.717, 1.165) is 17.0 Å². The fourth-order valence-electron chi connectivity index (χ4n) is 2.81. The second-order valence-corrected chi connectivity index (χ2v) is 5.45. The summed E-state index contributed by atoms with van der Waals surface area (Å²) < 4.78 is 1.72. The fourth-order valence-corrected chi connectivity index (χ4v) is 2.81. The van der Waals surface area contributed by atoms with Crippen LogP contribution in [0.2, 0.25) is 0 Å². The first-order valence-electron chi connectivity index (χ1n) is 7.13. The van der Waals surface area contributed by atoms with Crippen LogP contribution in [0.1, 0.15) is 17.0 Å². The number of nitrogens with zero attached hydrogens (tertiary/aromatic N) is 3. The molecule has 2 heterocycles. The number of aromatic nitrogens is 2. The summed E-state index contributed by atoms with van der Waals surface area (Å²) in [6, 6.07) is 6.85. The van der Waals surface area contributed by atoms with Gasteiger partial charge in [-0.3, -0.25) is 4.79 Å². The van der Waals surface area contributed by atoms with Crippen molar-refractivity contribution in [1.29, 1.82) is 0 Å². The van der Waals surface area contributed by atoms with E-state index in [9.17, 15) is 14.7 Å². The number of hydrogen-bond donors (Lipinski definition) is 1. The SMILES string of the molecule is Cc1nccn1CC(=O)N1Cc2ccccc2CC1C(=O)O. The summed E-state index contributed by atoms with van der Waals surface area (Å²) in [5.41, 5.74) is 2.01. The molecule has 0 radical (unpaired) electrons. The molecule has 0 spiro atoms. The van der Waals surface area contributed by atoms with E-state index < -0.39 is 12.0 Å². The standard InChI is InChI=1S/C16H17N3O3/c1-11-17-6-7-18(11)10-15(20)19-9-13-5-3-2-4-12(13)8-14(19)16(21)22/h2-7,14H,8-10H2,1H3,(H,21,22). The van der Waals surface area contributed by atoms with Crippen LogP contribution in [0.3, 0.4) is 0 Å². The zero-order valence-corrected chi connectivity index (χ0v) is 12.3. The molecule has 1 aliphatic heterocycles. The van der Waals surface area contributed by atoms with Crippen molar-refractivity contribution in [3.8, 4) is 0 Å². The lowest BCUT2D eigenvalue weighted by molar-refractivity contribution is -0.151. The first-order chi connectivity index (χ1) is 10.6. The van der Waals surface area contributed by atoms with Crippen LogP contribution in [0.15, 0.2) is 36.7 Å². The third-order valence-electron chi connectivity index (χ3n) is 4.08. The highest BCUT2D eigenvalue weighted by atomic mass is 16.4. The number of benzene rings is 1. The molecule has 1 aromatic carbocycles. The molecule has 2 aromatic rings. The lowest BCUT2D eigenvalue weighted by Crippen LogP contribution is -2.49. The van der Waals surface area contributed by atoms with Crippen molar-refractivity contribution in [3.63, 3.8) is 0 Å². The van der Waals surface area contributed by atoms with Crippen molar-refractivity contribution in [1.82, 2.24) is 14.5 Å². The summed E-state index contributed by atoms with van der Waals surface area (Å²) in [6.07, 6.45) is 3.70. The zero-order valence-electron chi connectivity index (χ0n) is 12.3. The minimum Gasteiger partial charge on any atom is -0.480 e. The lowest BCUT2D eigenvalue weighted by atomic mass is 9.94. The highest BCUT2D eigenvalue weighted by Crippen LogP contribution is 2.24. The van der Waals surface area contributed by atoms with E-state index in [0.29, 0.717) is 13.0 Å². The number of hydrogen-bond acceptors (Lipinski definition) is 3. The van der Waals surface area contributed by atoms with Gasteiger partial charge in [-0.15, -0.1) is 0 Å². The van der Waals surface area contributed by atoms with E-state index in [-0.39, 0.29) is 12.5 Å². The van der Waals surface area contributed by atoms with E-state index in [1.165, 1.54) is 4.90 Å². The quantitative estimate of drug-likeness (QED) is 0.925. The Morgan fingerprint density at radius 3 is 2.68 bits per heavy atom. The summed E-state index contributed by atoms with van der Waals surface area (Å²) in [4.78, 5) is 29.6. The number of aliphatic carboxylic acids is 1. The number of aryl methyl sites for hydroxylation is 1. The normalized spacial score (nSPS) is 17.1. The van der Waals surface area contributed by atoms with E-state index >= 15 is 0 Å². The molecular formula is C16H17N3O3. The van der Waals surface area contributed by atoms with Gasteiger partial charge in [-0.05, 0) is 18.1 Å². The molecule has 1 N–H and O–H groups in total. The molecule has 3 rings (SSSR count). The van der Waals surface area contributed by atoms with Crippen LogP contribution in [0.25, 0.3) is 0 Å². The van der Waals surface area contributed by atoms with Gasteiger partial charge in [0.25, 0.3) is 0 Å². The van der Waals surface area contributed by atoms with Crippen LogP contribution in [-0.2, 0) is 29.1 Å². The molecule has 0 bridgehead atoms. The van der Waals surface area contributed by atoms with E-state index in [4.69, 9.17) is 0 Å². The Balaban J connectivity index is 1.86. The minimum atomic E-state index is -0.967. The van der Waals surface area contributed by atoms with Gasteiger partial charge in [0.2, 0.25) is 5.91 Å². The van der Waals surface area contributed by atoms with Gasteiger partial charge < -0.3 is 14.6 Å². The molecule has 0 fully saturated rings. The van der Waals surface area contributed by atoms with Crippen LogP contribution < -0.4 is 0 Å². The number of rotatable bonds is 3. The summed E-state index contributed by atoms with van der Waals surface area (Å²) in [5.74, 6) is -0.439. The van der Waals surface area contributed by atoms with Gasteiger partial charge in [0.05, 0.1) is 0 Å². The Hall–Kier alpha value is -2.63. The molecule has 1 amide bonds. The first kappa shape index (κ1) is 14.3. The number of carbonyl (C=O) groups excluding carboxylic acids is 1. The Labute approximate surface area is 128 Å². The highest BCUT2D eigenvalue weighted by Gasteiger charge is 2.34. The smallest absolute Gasteiger partial charge is 0.326 e. The van der Waals surface area contributed by atoms with Gasteiger partial charge in [0, 0.05) is 25.4 Å². The summed E-state index contributed by atoms with van der Waals surface area (Å²) in [6.45, 7) is 2.25. The second-order valence-electron chi connectivity index (χ2n) is 5.45. The monoisotopic (exact) mass is 299 g/mol. The van der Waals surface area contributed by atoms with Crippen LogP contribution in [0, 0.1) is 6.92 Å². The number of amides is 1. The average Bonchev–Trinajstić information content (AvgIpc) is 2.91. The Kier molecular flexibility index (Phi) is 3.66. The molecule has 0 aliphatic carbocycles. The van der Waals surface area contributed by atoms with Gasteiger partial charge in [0.1, 0.15) is 18.4 Å². The van der Waals surface area contributed by atoms with Crippen LogP contribution in [0.5, 0.6) is 0 Å². The molecule has 1 aliphatic rings. The van der Waals surface area contributed by atoms with Gasteiger partial charge in [0.15, 0.2) is 0 Å². The number of carboxylic acid groups (broad SMARTS) is 1. The maximum atomic E-state index is 12.6. The Morgan fingerprint density at radius 2 is 2.05 bits per heavy atom. The van der Waals surface area contributed by atoms with Gasteiger partial charge in [-0.25, -0.2) is 9.78 Å². The van der Waals surface area contributed by atoms with Gasteiger partial charge >= 0.3 is 5.97 Å². The number of fused-ring (bicyclic) bond motifs is 1. The van der Waals surface area contributed by atoms with E-state index in [2.05, 4.69) is 4.98 Å². The molecule has 1 aromatic heterocycles. The van der Waals surface area contributed by atoms with Crippen molar-refractivity contribution < 1.29 is 14.7 Å². The molecule has 1 unspecified atom stereocenters. The van der Waals surface area contributed by atoms with Crippen molar-refractivity contribution in [2.45, 2.75) is 32.5 Å². The average molecular weight is 299 g/mol. The first-order valence-corrected chi connectivity index (χ1v) is 7.13. The van der Waals surface area contributed by atoms with Crippen LogP contribution in [-0.4, -0.2) is 37.5 Å². The molecule has 114 valence electrons. The topological polar surface area (TPSA) is 75.4 Å². The van der Waals surface area contributed by atoms with E-state index in [1.807, 2.05) is 31.2 Å². The third-order valence-corrected chi connectivity index (χ3v) is 4.08. The highest BCUT2D eigenvalue weighted by molar-refractivity contribution is 5.84.